The van der Waals surface area contributed by atoms with Crippen LogP contribution in [-0.4, -0.2) is 89.2 Å². The van der Waals surface area contributed by atoms with E-state index >= 15 is 0 Å². The van der Waals surface area contributed by atoms with Gasteiger partial charge in [0.25, 0.3) is 0 Å². The van der Waals surface area contributed by atoms with Gasteiger partial charge in [0.2, 0.25) is 5.91 Å². The van der Waals surface area contributed by atoms with Crippen molar-refractivity contribution in [3.05, 3.63) is 60.3 Å². The van der Waals surface area contributed by atoms with Gasteiger partial charge < -0.3 is 24.5 Å². The lowest BCUT2D eigenvalue weighted by molar-refractivity contribution is -0.126. The monoisotopic (exact) mass is 558 g/mol. The molecule has 3 heterocycles. The first-order valence-electron chi connectivity index (χ1n) is 14.8. The van der Waals surface area contributed by atoms with Gasteiger partial charge in [-0.25, -0.2) is 0 Å². The molecular formula is C32H42N6O3. The maximum absolute atomic E-state index is 12.2. The van der Waals surface area contributed by atoms with Crippen LogP contribution in [0, 0.1) is 0 Å². The highest BCUT2D eigenvalue weighted by Crippen LogP contribution is 2.36. The summed E-state index contributed by atoms with van der Waals surface area (Å²) in [5, 5.41) is 12.6. The van der Waals surface area contributed by atoms with E-state index in [2.05, 4.69) is 48.1 Å². The second-order valence-electron chi connectivity index (χ2n) is 10.9. The number of phenolic OH excluding ortho intramolecular Hbond substituents is 1. The molecule has 2 aromatic carbocycles. The van der Waals surface area contributed by atoms with Gasteiger partial charge in [0.05, 0.1) is 12.2 Å². The number of likely N-dealkylation sites (N-methyl/N-ethyl adjacent to an activating group) is 1. The van der Waals surface area contributed by atoms with Gasteiger partial charge in [-0.15, -0.1) is 0 Å². The standard InChI is InChI=1S/C32H42N6O3/c1-5-23(4)35(7-3)18-19-41-32-33-28-22-38(29-21-25(39)20-24-10-8-9-11-26(24)29)13-12-27(28)31(34-32)37-16-14-36(15-17-37)30(40)6-2/h6,8-11,20-21,23,39H,2,5,7,12-19,22H2,1,3-4H3. The number of rotatable bonds is 10. The third-order valence-corrected chi connectivity index (χ3v) is 8.48. The number of anilines is 2. The molecule has 9 nitrogen and oxygen atoms in total. The van der Waals surface area contributed by atoms with Crippen LogP contribution in [0.5, 0.6) is 11.8 Å². The van der Waals surface area contributed by atoms with E-state index in [9.17, 15) is 9.90 Å². The lowest BCUT2D eigenvalue weighted by Gasteiger charge is -2.38. The quantitative estimate of drug-likeness (QED) is 0.370. The third kappa shape index (κ3) is 6.25. The van der Waals surface area contributed by atoms with E-state index in [0.717, 1.165) is 66.0 Å². The highest BCUT2D eigenvalue weighted by atomic mass is 16.5. The SMILES string of the molecule is C=CC(=O)N1CCN(c2nc(OCCN(CC)C(C)CC)nc3c2CCN(c2cc(O)cc4ccccc24)C3)CC1. The molecule has 1 N–H and O–H groups in total. The summed E-state index contributed by atoms with van der Waals surface area (Å²) in [4.78, 5) is 30.8. The first-order chi connectivity index (χ1) is 19.9. The minimum Gasteiger partial charge on any atom is -0.508 e. The van der Waals surface area contributed by atoms with Gasteiger partial charge in [0.1, 0.15) is 18.2 Å². The predicted molar refractivity (Wildman–Crippen MR) is 164 cm³/mol. The third-order valence-electron chi connectivity index (χ3n) is 8.48. The number of amides is 1. The largest absolute Gasteiger partial charge is 0.508 e. The zero-order valence-electron chi connectivity index (χ0n) is 24.6. The Hall–Kier alpha value is -3.85. The summed E-state index contributed by atoms with van der Waals surface area (Å²) in [6.45, 7) is 16.6. The Kier molecular flexibility index (Phi) is 8.93. The van der Waals surface area contributed by atoms with Crippen LogP contribution in [0.2, 0.25) is 0 Å². The van der Waals surface area contributed by atoms with Gasteiger partial charge in [-0.05, 0) is 43.8 Å². The number of piperazine rings is 1. The number of aromatic hydroxyl groups is 1. The fourth-order valence-corrected chi connectivity index (χ4v) is 5.93. The topological polar surface area (TPSA) is 85.3 Å². The van der Waals surface area contributed by atoms with Crippen molar-refractivity contribution in [1.29, 1.82) is 0 Å². The van der Waals surface area contributed by atoms with Crippen LogP contribution < -0.4 is 14.5 Å². The first kappa shape index (κ1) is 28.7. The molecular weight excluding hydrogens is 516 g/mol. The first-order valence-corrected chi connectivity index (χ1v) is 14.8. The molecule has 0 bridgehead atoms. The highest BCUT2D eigenvalue weighted by Gasteiger charge is 2.29. The van der Waals surface area contributed by atoms with Crippen LogP contribution in [0.25, 0.3) is 10.8 Å². The number of fused-ring (bicyclic) bond motifs is 2. The summed E-state index contributed by atoms with van der Waals surface area (Å²) in [5.41, 5.74) is 3.08. The number of hydrogen-bond donors (Lipinski definition) is 1. The number of benzene rings is 2. The molecule has 9 heteroatoms. The zero-order valence-corrected chi connectivity index (χ0v) is 24.6. The number of hydrogen-bond acceptors (Lipinski definition) is 8. The van der Waals surface area contributed by atoms with Gasteiger partial charge in [-0.3, -0.25) is 9.69 Å². The summed E-state index contributed by atoms with van der Waals surface area (Å²) in [7, 11) is 0. The smallest absolute Gasteiger partial charge is 0.318 e. The molecule has 218 valence electrons. The molecule has 1 unspecified atom stereocenters. The van der Waals surface area contributed by atoms with Crippen molar-refractivity contribution in [2.45, 2.75) is 46.2 Å². The molecule has 0 spiro atoms. The highest BCUT2D eigenvalue weighted by molar-refractivity contribution is 5.95. The van der Waals surface area contributed by atoms with Crippen molar-refractivity contribution in [3.63, 3.8) is 0 Å². The summed E-state index contributed by atoms with van der Waals surface area (Å²) in [6, 6.07) is 12.7. The molecule has 1 amide bonds. The van der Waals surface area contributed by atoms with E-state index < -0.39 is 0 Å². The number of ether oxygens (including phenoxy) is 1. The van der Waals surface area contributed by atoms with Crippen LogP contribution in [0.1, 0.15) is 38.4 Å². The lowest BCUT2D eigenvalue weighted by atomic mass is 10.0. The van der Waals surface area contributed by atoms with Crippen molar-refractivity contribution in [2.75, 3.05) is 62.2 Å². The summed E-state index contributed by atoms with van der Waals surface area (Å²) in [5.74, 6) is 1.13. The lowest BCUT2D eigenvalue weighted by Crippen LogP contribution is -2.49. The molecule has 1 aromatic heterocycles. The van der Waals surface area contributed by atoms with E-state index in [4.69, 9.17) is 14.7 Å². The van der Waals surface area contributed by atoms with Gasteiger partial charge in [0.15, 0.2) is 0 Å². The Balaban J connectivity index is 1.43. The van der Waals surface area contributed by atoms with Gasteiger partial charge >= 0.3 is 6.01 Å². The van der Waals surface area contributed by atoms with Crippen LogP contribution >= 0.6 is 0 Å². The minimum atomic E-state index is -0.0332. The maximum Gasteiger partial charge on any atom is 0.318 e. The van der Waals surface area contributed by atoms with Crippen molar-refractivity contribution in [2.24, 2.45) is 0 Å². The van der Waals surface area contributed by atoms with Crippen molar-refractivity contribution >= 4 is 28.2 Å². The fraction of sp³-hybridized carbons (Fsp3) is 0.469. The summed E-state index contributed by atoms with van der Waals surface area (Å²) in [6.07, 6.45) is 3.25. The van der Waals surface area contributed by atoms with Crippen LogP contribution in [0.15, 0.2) is 49.1 Å². The Bertz CT molecular complexity index is 1390. The molecule has 1 atom stereocenters. The molecule has 3 aromatic rings. The minimum absolute atomic E-state index is 0.0332. The number of nitrogens with zero attached hydrogens (tertiary/aromatic N) is 6. The predicted octanol–water partition coefficient (Wildman–Crippen LogP) is 4.23. The molecule has 0 radical (unpaired) electrons. The van der Waals surface area contributed by atoms with E-state index in [0.29, 0.717) is 51.4 Å². The van der Waals surface area contributed by atoms with Gasteiger partial charge in [-0.1, -0.05) is 44.7 Å². The molecule has 1 saturated heterocycles. The summed E-state index contributed by atoms with van der Waals surface area (Å²) < 4.78 is 6.21. The number of aromatic nitrogens is 2. The molecule has 41 heavy (non-hydrogen) atoms. The molecule has 2 aliphatic heterocycles. The van der Waals surface area contributed by atoms with E-state index in [1.165, 1.54) is 6.08 Å². The van der Waals surface area contributed by atoms with Crippen molar-refractivity contribution in [3.8, 4) is 11.8 Å². The molecule has 0 aliphatic carbocycles. The second-order valence-corrected chi connectivity index (χ2v) is 10.9. The van der Waals surface area contributed by atoms with E-state index in [1.54, 1.807) is 6.07 Å². The fourth-order valence-electron chi connectivity index (χ4n) is 5.93. The summed E-state index contributed by atoms with van der Waals surface area (Å²) >= 11 is 0. The Labute approximate surface area is 243 Å². The van der Waals surface area contributed by atoms with Crippen LogP contribution in [0.4, 0.5) is 11.5 Å². The van der Waals surface area contributed by atoms with Gasteiger partial charge in [-0.2, -0.15) is 9.97 Å². The Morgan fingerprint density at radius 2 is 1.90 bits per heavy atom. The molecule has 2 aliphatic rings. The van der Waals surface area contributed by atoms with Gasteiger partial charge in [0, 0.05) is 68.0 Å². The normalized spacial score (nSPS) is 16.1. The Morgan fingerprint density at radius 3 is 2.63 bits per heavy atom. The molecule has 5 rings (SSSR count). The molecule has 1 fully saturated rings. The van der Waals surface area contributed by atoms with Crippen LogP contribution in [-0.2, 0) is 17.8 Å². The van der Waals surface area contributed by atoms with E-state index in [1.807, 2.05) is 29.2 Å². The maximum atomic E-state index is 12.2. The number of carbonyl (C=O) groups is 1. The zero-order chi connectivity index (χ0) is 28.9. The average Bonchev–Trinajstić information content (AvgIpc) is 3.01. The number of phenols is 1. The Morgan fingerprint density at radius 1 is 1.12 bits per heavy atom. The molecule has 0 saturated carbocycles. The second kappa shape index (κ2) is 12.8. The number of carbonyl (C=O) groups excluding carboxylic acids is 1. The average molecular weight is 559 g/mol. The van der Waals surface area contributed by atoms with Crippen molar-refractivity contribution < 1.29 is 14.6 Å². The van der Waals surface area contributed by atoms with Crippen LogP contribution in [0.3, 0.4) is 0 Å². The van der Waals surface area contributed by atoms with Crippen molar-refractivity contribution in [1.82, 2.24) is 19.8 Å². The van der Waals surface area contributed by atoms with E-state index in [-0.39, 0.29) is 11.7 Å².